The number of rotatable bonds is 0. The Balaban J connectivity index is 2.26. The van der Waals surface area contributed by atoms with E-state index in [9.17, 15) is 4.39 Å². The normalized spacial score (nSPS) is 11.7. The molecule has 1 aliphatic carbocycles. The molecule has 1 heteroatoms. The van der Waals surface area contributed by atoms with Gasteiger partial charge in [0.05, 0.1) is 0 Å². The summed E-state index contributed by atoms with van der Waals surface area (Å²) < 4.78 is 13.1. The van der Waals surface area contributed by atoms with Crippen molar-refractivity contribution in [3.05, 3.63) is 47.3 Å². The fraction of sp³-hybridized carbons (Fsp3) is 0.143. The van der Waals surface area contributed by atoms with Crippen molar-refractivity contribution < 1.29 is 4.39 Å². The van der Waals surface area contributed by atoms with Gasteiger partial charge in [-0.1, -0.05) is 18.2 Å². The van der Waals surface area contributed by atoms with Crippen LogP contribution in [0.15, 0.2) is 30.3 Å². The zero-order valence-corrected chi connectivity index (χ0v) is 8.76. The Morgan fingerprint density at radius 3 is 1.93 bits per heavy atom. The molecule has 0 spiro atoms. The van der Waals surface area contributed by atoms with Crippen molar-refractivity contribution in [2.24, 2.45) is 0 Å². The number of benzene rings is 2. The van der Waals surface area contributed by atoms with Crippen LogP contribution in [0, 0.1) is 19.7 Å². The highest BCUT2D eigenvalue weighted by molar-refractivity contribution is 6.02. The number of halogens is 1. The quantitative estimate of drug-likeness (QED) is 0.510. The number of hydrogen-bond acceptors (Lipinski definition) is 0. The molecule has 0 heterocycles. The van der Waals surface area contributed by atoms with Gasteiger partial charge in [0.1, 0.15) is 5.82 Å². The molecule has 2 aromatic carbocycles. The average molecular weight is 198 g/mol. The second-order valence-corrected chi connectivity index (χ2v) is 4.17. The Labute approximate surface area is 88.4 Å². The van der Waals surface area contributed by atoms with Crippen molar-refractivity contribution >= 4 is 0 Å². The highest BCUT2D eigenvalue weighted by atomic mass is 19.1. The molecule has 0 atom stereocenters. The van der Waals surface area contributed by atoms with E-state index in [1.54, 1.807) is 6.07 Å². The largest absolute Gasteiger partial charge is 0.207 e. The molecule has 0 amide bonds. The molecule has 0 nitrogen and oxygen atoms in total. The molecule has 0 aromatic heterocycles. The Morgan fingerprint density at radius 2 is 1.27 bits per heavy atom. The van der Waals surface area contributed by atoms with Gasteiger partial charge in [0, 0.05) is 0 Å². The minimum Gasteiger partial charge on any atom is -0.207 e. The first kappa shape index (κ1) is 8.66. The monoisotopic (exact) mass is 198 g/mol. The van der Waals surface area contributed by atoms with Crippen LogP contribution in [0.5, 0.6) is 0 Å². The summed E-state index contributed by atoms with van der Waals surface area (Å²) in [5, 5.41) is 0. The molecule has 3 rings (SSSR count). The van der Waals surface area contributed by atoms with Gasteiger partial charge in [-0.2, -0.15) is 0 Å². The summed E-state index contributed by atoms with van der Waals surface area (Å²) in [6, 6.07) is 9.34. The van der Waals surface area contributed by atoms with Crippen LogP contribution in [-0.4, -0.2) is 0 Å². The SMILES string of the molecule is Cc1cc2c(cc1C)-c1cc(F)ccc1-2. The van der Waals surface area contributed by atoms with Gasteiger partial charge in [-0.05, 0) is 59.4 Å². The summed E-state index contributed by atoms with van der Waals surface area (Å²) in [5.74, 6) is -0.155. The predicted octanol–water partition coefficient (Wildman–Crippen LogP) is 4.09. The minimum absolute atomic E-state index is 0.155. The second kappa shape index (κ2) is 2.69. The molecule has 0 bridgehead atoms. The van der Waals surface area contributed by atoms with Crippen LogP contribution >= 0.6 is 0 Å². The van der Waals surface area contributed by atoms with Crippen molar-refractivity contribution in [3.8, 4) is 22.3 Å². The molecule has 0 radical (unpaired) electrons. The lowest BCUT2D eigenvalue weighted by Crippen LogP contribution is -2.01. The van der Waals surface area contributed by atoms with Crippen LogP contribution in [0.2, 0.25) is 0 Å². The van der Waals surface area contributed by atoms with Gasteiger partial charge >= 0.3 is 0 Å². The fourth-order valence-corrected chi connectivity index (χ4v) is 2.17. The van der Waals surface area contributed by atoms with Gasteiger partial charge in [-0.3, -0.25) is 0 Å². The molecular formula is C14H11F. The third-order valence-electron chi connectivity index (χ3n) is 3.20. The lowest BCUT2D eigenvalue weighted by Gasteiger charge is -2.25. The fourth-order valence-electron chi connectivity index (χ4n) is 2.17. The third-order valence-corrected chi connectivity index (χ3v) is 3.20. The Morgan fingerprint density at radius 1 is 0.733 bits per heavy atom. The maximum atomic E-state index is 13.1. The molecule has 74 valence electrons. The summed E-state index contributed by atoms with van der Waals surface area (Å²) in [5.41, 5.74) is 7.23. The molecule has 0 N–H and O–H groups in total. The van der Waals surface area contributed by atoms with E-state index in [2.05, 4.69) is 26.0 Å². The van der Waals surface area contributed by atoms with Crippen LogP contribution < -0.4 is 0 Å². The molecule has 0 saturated heterocycles. The Hall–Kier alpha value is -1.63. The van der Waals surface area contributed by atoms with Crippen molar-refractivity contribution in [2.45, 2.75) is 13.8 Å². The Kier molecular flexibility index (Phi) is 1.55. The van der Waals surface area contributed by atoms with E-state index in [0.717, 1.165) is 5.56 Å². The molecule has 0 saturated carbocycles. The lowest BCUT2D eigenvalue weighted by molar-refractivity contribution is 0.628. The first-order chi connectivity index (χ1) is 7.16. The predicted molar refractivity (Wildman–Crippen MR) is 60.3 cm³/mol. The molecule has 0 aliphatic heterocycles. The van der Waals surface area contributed by atoms with Gasteiger partial charge in [-0.15, -0.1) is 0 Å². The topological polar surface area (TPSA) is 0 Å². The molecule has 1 aliphatic rings. The molecule has 15 heavy (non-hydrogen) atoms. The molecule has 0 unspecified atom stereocenters. The van der Waals surface area contributed by atoms with Crippen molar-refractivity contribution in [1.29, 1.82) is 0 Å². The smallest absolute Gasteiger partial charge is 0.123 e. The Bertz CT molecular complexity index is 568. The van der Waals surface area contributed by atoms with Gasteiger partial charge in [0.15, 0.2) is 0 Å². The summed E-state index contributed by atoms with van der Waals surface area (Å²) in [6.07, 6.45) is 0. The number of fused-ring (bicyclic) bond motifs is 4. The van der Waals surface area contributed by atoms with Gasteiger partial charge in [0.2, 0.25) is 0 Å². The van der Waals surface area contributed by atoms with Crippen LogP contribution in [0.1, 0.15) is 11.1 Å². The van der Waals surface area contributed by atoms with Crippen molar-refractivity contribution in [2.75, 3.05) is 0 Å². The van der Waals surface area contributed by atoms with E-state index in [0.29, 0.717) is 0 Å². The molecule has 0 fully saturated rings. The maximum absolute atomic E-state index is 13.1. The van der Waals surface area contributed by atoms with E-state index < -0.39 is 0 Å². The highest BCUT2D eigenvalue weighted by Crippen LogP contribution is 2.48. The summed E-state index contributed by atoms with van der Waals surface area (Å²) in [6.45, 7) is 4.20. The third kappa shape index (κ3) is 1.06. The zero-order chi connectivity index (χ0) is 10.6. The van der Waals surface area contributed by atoms with Crippen molar-refractivity contribution in [1.82, 2.24) is 0 Å². The maximum Gasteiger partial charge on any atom is 0.123 e. The van der Waals surface area contributed by atoms with E-state index >= 15 is 0 Å². The van der Waals surface area contributed by atoms with E-state index in [1.807, 2.05) is 6.07 Å². The molecular weight excluding hydrogens is 187 g/mol. The van der Waals surface area contributed by atoms with E-state index in [1.165, 1.54) is 33.9 Å². The summed E-state index contributed by atoms with van der Waals surface area (Å²) >= 11 is 0. The lowest BCUT2D eigenvalue weighted by atomic mass is 9.79. The number of aryl methyl sites for hydroxylation is 2. The standard InChI is InChI=1S/C14H11F/c1-8-5-12-11-4-3-10(15)7-14(11)13(12)6-9(8)2/h3-7H,1-2H3. The van der Waals surface area contributed by atoms with E-state index in [4.69, 9.17) is 0 Å². The minimum atomic E-state index is -0.155. The second-order valence-electron chi connectivity index (χ2n) is 4.17. The number of hydrogen-bond donors (Lipinski definition) is 0. The van der Waals surface area contributed by atoms with Crippen LogP contribution in [0.4, 0.5) is 4.39 Å². The van der Waals surface area contributed by atoms with Crippen LogP contribution in [0.3, 0.4) is 0 Å². The first-order valence-corrected chi connectivity index (χ1v) is 5.08. The van der Waals surface area contributed by atoms with Gasteiger partial charge in [-0.25, -0.2) is 4.39 Å². The van der Waals surface area contributed by atoms with Crippen LogP contribution in [-0.2, 0) is 0 Å². The van der Waals surface area contributed by atoms with E-state index in [-0.39, 0.29) is 5.82 Å². The van der Waals surface area contributed by atoms with Crippen molar-refractivity contribution in [3.63, 3.8) is 0 Å². The van der Waals surface area contributed by atoms with Gasteiger partial charge in [0.25, 0.3) is 0 Å². The summed E-state index contributed by atoms with van der Waals surface area (Å²) in [4.78, 5) is 0. The highest BCUT2D eigenvalue weighted by Gasteiger charge is 2.23. The molecule has 2 aromatic rings. The zero-order valence-electron chi connectivity index (χ0n) is 8.76. The first-order valence-electron chi connectivity index (χ1n) is 5.08. The van der Waals surface area contributed by atoms with Crippen LogP contribution in [0.25, 0.3) is 22.3 Å². The summed E-state index contributed by atoms with van der Waals surface area (Å²) in [7, 11) is 0. The average Bonchev–Trinajstić information content (AvgIpc) is 2.21. The van der Waals surface area contributed by atoms with Gasteiger partial charge < -0.3 is 0 Å².